The average Bonchev–Trinajstić information content (AvgIpc) is 2.73. The Labute approximate surface area is 162 Å². The van der Waals surface area contributed by atoms with Crippen LogP contribution in [-0.2, 0) is 0 Å². The lowest BCUT2D eigenvalue weighted by molar-refractivity contribution is 0.0946. The molecule has 6 nitrogen and oxygen atoms in total. The van der Waals surface area contributed by atoms with Gasteiger partial charge in [0.2, 0.25) is 5.88 Å². The fraction of sp³-hybridized carbons (Fsp3) is 0.190. The van der Waals surface area contributed by atoms with E-state index in [-0.39, 0.29) is 18.3 Å². The minimum Gasteiger partial charge on any atom is -0.494 e. The van der Waals surface area contributed by atoms with Gasteiger partial charge in [-0.15, -0.1) is 10.2 Å². The van der Waals surface area contributed by atoms with Crippen LogP contribution in [0.25, 0.3) is 11.3 Å². The van der Waals surface area contributed by atoms with Crippen LogP contribution < -0.4 is 14.8 Å². The van der Waals surface area contributed by atoms with Gasteiger partial charge in [0.25, 0.3) is 5.91 Å². The number of carbonyl (C=O) groups is 1. The Balaban J connectivity index is 1.46. The van der Waals surface area contributed by atoms with Gasteiger partial charge in [-0.3, -0.25) is 4.79 Å². The quantitative estimate of drug-likeness (QED) is 0.605. The van der Waals surface area contributed by atoms with Gasteiger partial charge in [0.1, 0.15) is 18.2 Å². The number of benzene rings is 2. The second kappa shape index (κ2) is 9.45. The Hall–Kier alpha value is -3.48. The minimum absolute atomic E-state index is 0.240. The van der Waals surface area contributed by atoms with E-state index in [1.807, 2.05) is 37.3 Å². The van der Waals surface area contributed by atoms with Crippen LogP contribution in [0.1, 0.15) is 17.3 Å². The Morgan fingerprint density at radius 1 is 0.964 bits per heavy atom. The summed E-state index contributed by atoms with van der Waals surface area (Å²) in [6.07, 6.45) is 0. The van der Waals surface area contributed by atoms with E-state index < -0.39 is 0 Å². The summed E-state index contributed by atoms with van der Waals surface area (Å²) in [4.78, 5) is 11.9. The van der Waals surface area contributed by atoms with Crippen molar-refractivity contribution >= 4 is 5.91 Å². The van der Waals surface area contributed by atoms with Crippen molar-refractivity contribution in [3.63, 3.8) is 0 Å². The molecule has 0 aliphatic carbocycles. The second-order valence-electron chi connectivity index (χ2n) is 5.83. The SMILES string of the molecule is CCOc1ccc(-c2ccc(OCCNC(=O)c3ccc(F)cc3)nn2)cc1. The van der Waals surface area contributed by atoms with Crippen LogP contribution in [0.4, 0.5) is 4.39 Å². The smallest absolute Gasteiger partial charge is 0.251 e. The standard InChI is InChI=1S/C21H20FN3O3/c1-2-27-18-9-5-15(6-10-18)19-11-12-20(25-24-19)28-14-13-23-21(26)16-3-7-17(22)8-4-16/h3-12H,2,13-14H2,1H3,(H,23,26). The third-order valence-electron chi connectivity index (χ3n) is 3.85. The fourth-order valence-corrected chi connectivity index (χ4v) is 2.46. The molecule has 0 bridgehead atoms. The van der Waals surface area contributed by atoms with E-state index in [0.29, 0.717) is 24.6 Å². The molecule has 3 aromatic rings. The van der Waals surface area contributed by atoms with Gasteiger partial charge in [0.05, 0.1) is 18.8 Å². The van der Waals surface area contributed by atoms with Crippen molar-refractivity contribution in [1.29, 1.82) is 0 Å². The molecular weight excluding hydrogens is 361 g/mol. The van der Waals surface area contributed by atoms with Crippen LogP contribution in [-0.4, -0.2) is 35.9 Å². The largest absolute Gasteiger partial charge is 0.494 e. The summed E-state index contributed by atoms with van der Waals surface area (Å²) in [5, 5.41) is 10.9. The van der Waals surface area contributed by atoms with Crippen LogP contribution in [0.15, 0.2) is 60.7 Å². The molecule has 3 rings (SSSR count). The lowest BCUT2D eigenvalue weighted by atomic mass is 10.1. The van der Waals surface area contributed by atoms with Gasteiger partial charge in [-0.2, -0.15) is 0 Å². The Bertz CT molecular complexity index is 898. The maximum absolute atomic E-state index is 12.9. The van der Waals surface area contributed by atoms with Crippen LogP contribution in [0, 0.1) is 5.82 Å². The molecule has 0 atom stereocenters. The van der Waals surface area contributed by atoms with Gasteiger partial charge in [0.15, 0.2) is 0 Å². The van der Waals surface area contributed by atoms with Gasteiger partial charge >= 0.3 is 0 Å². The Kier molecular flexibility index (Phi) is 6.51. The summed E-state index contributed by atoms with van der Waals surface area (Å²) < 4.78 is 23.8. The first-order chi connectivity index (χ1) is 13.7. The maximum atomic E-state index is 12.9. The zero-order chi connectivity index (χ0) is 19.8. The van der Waals surface area contributed by atoms with Crippen LogP contribution in [0.2, 0.25) is 0 Å². The highest BCUT2D eigenvalue weighted by Gasteiger charge is 2.06. The maximum Gasteiger partial charge on any atom is 0.251 e. The van der Waals surface area contributed by atoms with E-state index in [0.717, 1.165) is 17.0 Å². The van der Waals surface area contributed by atoms with Crippen LogP contribution in [0.3, 0.4) is 0 Å². The molecule has 7 heteroatoms. The van der Waals surface area contributed by atoms with E-state index in [1.54, 1.807) is 6.07 Å². The number of nitrogens with zero attached hydrogens (tertiary/aromatic N) is 2. The first kappa shape index (κ1) is 19.3. The van der Waals surface area contributed by atoms with Crippen molar-refractivity contribution in [1.82, 2.24) is 15.5 Å². The predicted octanol–water partition coefficient (Wildman–Crippen LogP) is 3.49. The Morgan fingerprint density at radius 2 is 1.71 bits per heavy atom. The molecule has 1 aromatic heterocycles. The average molecular weight is 381 g/mol. The van der Waals surface area contributed by atoms with E-state index in [1.165, 1.54) is 24.3 Å². The first-order valence-corrected chi connectivity index (χ1v) is 8.89. The number of rotatable bonds is 8. The molecule has 28 heavy (non-hydrogen) atoms. The van der Waals surface area contributed by atoms with Crippen LogP contribution in [0.5, 0.6) is 11.6 Å². The van der Waals surface area contributed by atoms with Crippen molar-refractivity contribution in [2.75, 3.05) is 19.8 Å². The summed E-state index contributed by atoms with van der Waals surface area (Å²) in [5.74, 6) is 0.500. The van der Waals surface area contributed by atoms with E-state index in [4.69, 9.17) is 9.47 Å². The highest BCUT2D eigenvalue weighted by atomic mass is 19.1. The van der Waals surface area contributed by atoms with Crippen LogP contribution >= 0.6 is 0 Å². The molecule has 0 saturated carbocycles. The highest BCUT2D eigenvalue weighted by molar-refractivity contribution is 5.94. The molecule has 0 aliphatic rings. The normalized spacial score (nSPS) is 10.4. The molecule has 0 unspecified atom stereocenters. The number of halogens is 1. The topological polar surface area (TPSA) is 73.3 Å². The van der Waals surface area contributed by atoms with Gasteiger partial charge in [-0.25, -0.2) is 4.39 Å². The lowest BCUT2D eigenvalue weighted by Gasteiger charge is -2.08. The number of nitrogens with one attached hydrogen (secondary N) is 1. The number of aromatic nitrogens is 2. The molecule has 144 valence electrons. The van der Waals surface area contributed by atoms with Crippen molar-refractivity contribution in [3.8, 4) is 22.9 Å². The first-order valence-electron chi connectivity index (χ1n) is 8.89. The molecule has 0 saturated heterocycles. The van der Waals surface area contributed by atoms with Crippen molar-refractivity contribution in [2.45, 2.75) is 6.92 Å². The summed E-state index contributed by atoms with van der Waals surface area (Å²) in [6, 6.07) is 16.5. The van der Waals surface area contributed by atoms with Gasteiger partial charge in [0, 0.05) is 17.2 Å². The molecule has 2 aromatic carbocycles. The summed E-state index contributed by atoms with van der Waals surface area (Å²) >= 11 is 0. The van der Waals surface area contributed by atoms with E-state index in [9.17, 15) is 9.18 Å². The fourth-order valence-electron chi connectivity index (χ4n) is 2.46. The summed E-state index contributed by atoms with van der Waals surface area (Å²) in [6.45, 7) is 3.09. The molecular formula is C21H20FN3O3. The van der Waals surface area contributed by atoms with Crippen molar-refractivity contribution < 1.29 is 18.7 Å². The lowest BCUT2D eigenvalue weighted by Crippen LogP contribution is -2.28. The summed E-state index contributed by atoms with van der Waals surface area (Å²) in [5.41, 5.74) is 2.04. The number of hydrogen-bond donors (Lipinski definition) is 1. The molecule has 0 radical (unpaired) electrons. The monoisotopic (exact) mass is 381 g/mol. The van der Waals surface area contributed by atoms with Crippen molar-refractivity contribution in [3.05, 3.63) is 72.0 Å². The van der Waals surface area contributed by atoms with E-state index >= 15 is 0 Å². The van der Waals surface area contributed by atoms with Gasteiger partial charge in [-0.1, -0.05) is 0 Å². The van der Waals surface area contributed by atoms with Gasteiger partial charge in [-0.05, 0) is 61.5 Å². The molecule has 1 amide bonds. The van der Waals surface area contributed by atoms with E-state index in [2.05, 4.69) is 15.5 Å². The number of carbonyl (C=O) groups excluding carboxylic acids is 1. The molecule has 0 fully saturated rings. The third kappa shape index (κ3) is 5.26. The second-order valence-corrected chi connectivity index (χ2v) is 5.83. The van der Waals surface area contributed by atoms with Crippen molar-refractivity contribution in [2.24, 2.45) is 0 Å². The number of hydrogen-bond acceptors (Lipinski definition) is 5. The predicted molar refractivity (Wildman–Crippen MR) is 103 cm³/mol. The molecule has 1 heterocycles. The third-order valence-corrected chi connectivity index (χ3v) is 3.85. The number of ether oxygens (including phenoxy) is 2. The zero-order valence-electron chi connectivity index (χ0n) is 15.4. The minimum atomic E-state index is -0.382. The highest BCUT2D eigenvalue weighted by Crippen LogP contribution is 2.21. The number of amides is 1. The molecule has 0 aliphatic heterocycles. The zero-order valence-corrected chi connectivity index (χ0v) is 15.4. The van der Waals surface area contributed by atoms with Gasteiger partial charge < -0.3 is 14.8 Å². The molecule has 0 spiro atoms. The summed E-state index contributed by atoms with van der Waals surface area (Å²) in [7, 11) is 0. The Morgan fingerprint density at radius 3 is 2.36 bits per heavy atom. The molecule has 1 N–H and O–H groups in total.